The van der Waals surface area contributed by atoms with Gasteiger partial charge in [0.05, 0.1) is 13.7 Å². The molecule has 0 aliphatic carbocycles. The Morgan fingerprint density at radius 1 is 1.33 bits per heavy atom. The molecule has 1 rings (SSSR count). The van der Waals surface area contributed by atoms with Crippen LogP contribution < -0.4 is 9.47 Å². The molecule has 0 saturated carbocycles. The molecular weight excluding hydrogens is 152 g/mol. The molecule has 0 spiro atoms. The zero-order valence-electron chi connectivity index (χ0n) is 7.76. The van der Waals surface area contributed by atoms with Crippen LogP contribution in [0.2, 0.25) is 0 Å². The van der Waals surface area contributed by atoms with Crippen LogP contribution in [0, 0.1) is 6.92 Å². The molecule has 0 amide bonds. The molecule has 0 aliphatic heterocycles. The Morgan fingerprint density at radius 2 is 2.08 bits per heavy atom. The molecule has 0 unspecified atom stereocenters. The lowest BCUT2D eigenvalue weighted by atomic mass is 10.2. The quantitative estimate of drug-likeness (QED) is 0.686. The predicted molar refractivity (Wildman–Crippen MR) is 48.9 cm³/mol. The lowest BCUT2D eigenvalue weighted by Gasteiger charge is -2.08. The molecule has 2 nitrogen and oxygen atoms in total. The lowest BCUT2D eigenvalue weighted by Crippen LogP contribution is -1.94. The van der Waals surface area contributed by atoms with Gasteiger partial charge in [-0.15, -0.1) is 0 Å². The molecule has 0 saturated heterocycles. The lowest BCUT2D eigenvalue weighted by molar-refractivity contribution is 0.334. The minimum Gasteiger partial charge on any atom is -0.497 e. The molecule has 1 aromatic rings. The van der Waals surface area contributed by atoms with Crippen molar-refractivity contribution in [3.05, 3.63) is 23.8 Å². The maximum atomic E-state index is 5.40. The molecule has 66 valence electrons. The molecule has 0 N–H and O–H groups in total. The summed E-state index contributed by atoms with van der Waals surface area (Å²) in [7, 11) is 1.65. The molecule has 12 heavy (non-hydrogen) atoms. The van der Waals surface area contributed by atoms with Crippen LogP contribution in [0.15, 0.2) is 18.2 Å². The first-order chi connectivity index (χ1) is 5.77. The van der Waals surface area contributed by atoms with Crippen LogP contribution in [-0.2, 0) is 0 Å². The minimum atomic E-state index is 0.688. The molecule has 0 radical (unpaired) electrons. The van der Waals surface area contributed by atoms with Gasteiger partial charge in [-0.25, -0.2) is 0 Å². The van der Waals surface area contributed by atoms with Crippen molar-refractivity contribution in [2.45, 2.75) is 13.8 Å². The van der Waals surface area contributed by atoms with Gasteiger partial charge in [-0.05, 0) is 25.5 Å². The van der Waals surface area contributed by atoms with Crippen molar-refractivity contribution in [3.63, 3.8) is 0 Å². The number of methoxy groups -OCH3 is 1. The summed E-state index contributed by atoms with van der Waals surface area (Å²) in [5.41, 5.74) is 1.14. The van der Waals surface area contributed by atoms with Gasteiger partial charge >= 0.3 is 0 Å². The van der Waals surface area contributed by atoms with Crippen LogP contribution in [-0.4, -0.2) is 13.7 Å². The van der Waals surface area contributed by atoms with Gasteiger partial charge in [0, 0.05) is 6.07 Å². The van der Waals surface area contributed by atoms with Crippen molar-refractivity contribution in [1.82, 2.24) is 0 Å². The van der Waals surface area contributed by atoms with Gasteiger partial charge in [0.1, 0.15) is 11.5 Å². The third-order valence-corrected chi connectivity index (χ3v) is 1.70. The summed E-state index contributed by atoms with van der Waals surface area (Å²) in [6.07, 6.45) is 0. The molecule has 0 heterocycles. The van der Waals surface area contributed by atoms with Crippen molar-refractivity contribution in [1.29, 1.82) is 0 Å². The fraction of sp³-hybridized carbons (Fsp3) is 0.400. The van der Waals surface area contributed by atoms with E-state index in [0.29, 0.717) is 6.61 Å². The molecule has 0 bridgehead atoms. The standard InChI is InChI=1S/C10H14O2/c1-4-12-10-7-9(11-3)6-5-8(10)2/h5-7H,4H2,1-3H3. The Morgan fingerprint density at radius 3 is 2.67 bits per heavy atom. The van der Waals surface area contributed by atoms with Crippen molar-refractivity contribution in [2.75, 3.05) is 13.7 Å². The smallest absolute Gasteiger partial charge is 0.125 e. The van der Waals surface area contributed by atoms with E-state index in [9.17, 15) is 0 Å². The van der Waals surface area contributed by atoms with E-state index in [0.717, 1.165) is 17.1 Å². The maximum absolute atomic E-state index is 5.40. The topological polar surface area (TPSA) is 18.5 Å². The summed E-state index contributed by atoms with van der Waals surface area (Å²) in [5, 5.41) is 0. The van der Waals surface area contributed by atoms with E-state index in [-0.39, 0.29) is 0 Å². The molecule has 0 atom stereocenters. The first kappa shape index (κ1) is 8.91. The van der Waals surface area contributed by atoms with Gasteiger partial charge in [-0.1, -0.05) is 6.07 Å². The van der Waals surface area contributed by atoms with E-state index in [2.05, 4.69) is 0 Å². The van der Waals surface area contributed by atoms with Crippen molar-refractivity contribution in [2.24, 2.45) is 0 Å². The monoisotopic (exact) mass is 166 g/mol. The zero-order valence-corrected chi connectivity index (χ0v) is 7.76. The fourth-order valence-electron chi connectivity index (χ4n) is 1.02. The average molecular weight is 166 g/mol. The van der Waals surface area contributed by atoms with E-state index in [4.69, 9.17) is 9.47 Å². The van der Waals surface area contributed by atoms with Crippen LogP contribution in [0.4, 0.5) is 0 Å². The highest BCUT2D eigenvalue weighted by atomic mass is 16.5. The van der Waals surface area contributed by atoms with Gasteiger partial charge in [-0.2, -0.15) is 0 Å². The summed E-state index contributed by atoms with van der Waals surface area (Å²) in [5.74, 6) is 1.74. The average Bonchev–Trinajstić information content (AvgIpc) is 2.09. The number of ether oxygens (including phenoxy) is 2. The molecule has 1 aromatic carbocycles. The number of rotatable bonds is 3. The number of hydrogen-bond acceptors (Lipinski definition) is 2. The SMILES string of the molecule is CCOc1cc(OC)ccc1C. The highest BCUT2D eigenvalue weighted by Gasteiger charge is 1.99. The van der Waals surface area contributed by atoms with Crippen LogP contribution in [0.25, 0.3) is 0 Å². The number of hydrogen-bond donors (Lipinski definition) is 0. The van der Waals surface area contributed by atoms with E-state index in [1.807, 2.05) is 32.0 Å². The fourth-order valence-corrected chi connectivity index (χ4v) is 1.02. The summed E-state index contributed by atoms with van der Waals surface area (Å²) >= 11 is 0. The molecular formula is C10H14O2. The Bertz CT molecular complexity index is 256. The van der Waals surface area contributed by atoms with E-state index >= 15 is 0 Å². The van der Waals surface area contributed by atoms with E-state index in [1.54, 1.807) is 7.11 Å². The van der Waals surface area contributed by atoms with Gasteiger partial charge in [0.25, 0.3) is 0 Å². The van der Waals surface area contributed by atoms with Crippen molar-refractivity contribution in [3.8, 4) is 11.5 Å². The normalized spacial score (nSPS) is 9.58. The Kier molecular flexibility index (Phi) is 2.97. The number of aryl methyl sites for hydroxylation is 1. The minimum absolute atomic E-state index is 0.688. The summed E-state index contributed by atoms with van der Waals surface area (Å²) in [6, 6.07) is 5.82. The summed E-state index contributed by atoms with van der Waals surface area (Å²) in [4.78, 5) is 0. The predicted octanol–water partition coefficient (Wildman–Crippen LogP) is 2.40. The van der Waals surface area contributed by atoms with E-state index in [1.165, 1.54) is 0 Å². The second-order valence-electron chi connectivity index (χ2n) is 2.56. The highest BCUT2D eigenvalue weighted by Crippen LogP contribution is 2.23. The zero-order chi connectivity index (χ0) is 8.97. The van der Waals surface area contributed by atoms with Gasteiger partial charge in [0.15, 0.2) is 0 Å². The Balaban J connectivity index is 2.91. The van der Waals surface area contributed by atoms with Crippen LogP contribution in [0.5, 0.6) is 11.5 Å². The summed E-state index contributed by atoms with van der Waals surface area (Å²) < 4.78 is 10.5. The first-order valence-corrected chi connectivity index (χ1v) is 4.05. The Hall–Kier alpha value is -1.18. The largest absolute Gasteiger partial charge is 0.497 e. The maximum Gasteiger partial charge on any atom is 0.125 e. The third kappa shape index (κ3) is 1.91. The van der Waals surface area contributed by atoms with E-state index < -0.39 is 0 Å². The molecule has 0 aliphatic rings. The van der Waals surface area contributed by atoms with Gasteiger partial charge < -0.3 is 9.47 Å². The molecule has 2 heteroatoms. The first-order valence-electron chi connectivity index (χ1n) is 4.05. The van der Waals surface area contributed by atoms with Crippen LogP contribution >= 0.6 is 0 Å². The van der Waals surface area contributed by atoms with Crippen molar-refractivity contribution < 1.29 is 9.47 Å². The Labute approximate surface area is 73.1 Å². The molecule has 0 aromatic heterocycles. The third-order valence-electron chi connectivity index (χ3n) is 1.70. The van der Waals surface area contributed by atoms with Gasteiger partial charge in [-0.3, -0.25) is 0 Å². The molecule has 0 fully saturated rings. The summed E-state index contributed by atoms with van der Waals surface area (Å²) in [6.45, 7) is 4.68. The van der Waals surface area contributed by atoms with Gasteiger partial charge in [0.2, 0.25) is 0 Å². The van der Waals surface area contributed by atoms with Crippen LogP contribution in [0.1, 0.15) is 12.5 Å². The van der Waals surface area contributed by atoms with Crippen LogP contribution in [0.3, 0.4) is 0 Å². The van der Waals surface area contributed by atoms with Crippen molar-refractivity contribution >= 4 is 0 Å². The number of benzene rings is 1. The second kappa shape index (κ2) is 4.00. The second-order valence-corrected chi connectivity index (χ2v) is 2.56. The highest BCUT2D eigenvalue weighted by molar-refractivity contribution is 5.39.